The van der Waals surface area contributed by atoms with E-state index in [0.29, 0.717) is 18.1 Å². The van der Waals surface area contributed by atoms with Gasteiger partial charge in [-0.05, 0) is 35.6 Å². The number of fused-ring (bicyclic) bond motifs is 1. The number of aliphatic imine (C=N–C) groups is 1. The molecule has 0 aliphatic rings. The highest BCUT2D eigenvalue weighted by molar-refractivity contribution is 14.0. The SMILES string of the molecule is CN=C(NCCc1ccc(OC)cc1Cl)NCc1nccc2ccccc12.I. The van der Waals surface area contributed by atoms with Crippen LogP contribution in [0.25, 0.3) is 10.8 Å². The van der Waals surface area contributed by atoms with Gasteiger partial charge in [-0.3, -0.25) is 9.98 Å². The Balaban J connectivity index is 0.00000280. The van der Waals surface area contributed by atoms with Gasteiger partial charge in [-0.1, -0.05) is 41.9 Å². The maximum atomic E-state index is 6.29. The summed E-state index contributed by atoms with van der Waals surface area (Å²) in [5.41, 5.74) is 2.06. The van der Waals surface area contributed by atoms with Gasteiger partial charge < -0.3 is 15.4 Å². The Kier molecular flexibility index (Phi) is 8.79. The number of aromatic nitrogens is 1. The maximum Gasteiger partial charge on any atom is 0.191 e. The predicted octanol–water partition coefficient (Wildman–Crippen LogP) is 4.42. The molecule has 0 aliphatic heterocycles. The zero-order valence-electron chi connectivity index (χ0n) is 15.9. The number of pyridine rings is 1. The van der Waals surface area contributed by atoms with Gasteiger partial charge in [-0.15, -0.1) is 24.0 Å². The molecule has 0 radical (unpaired) electrons. The van der Waals surface area contributed by atoms with Crippen LogP contribution in [0, 0.1) is 0 Å². The molecule has 0 unspecified atom stereocenters. The fraction of sp³-hybridized carbons (Fsp3) is 0.238. The number of hydrogen-bond acceptors (Lipinski definition) is 3. The van der Waals surface area contributed by atoms with Crippen LogP contribution in [-0.4, -0.2) is 31.6 Å². The fourth-order valence-electron chi connectivity index (χ4n) is 2.88. The quantitative estimate of drug-likeness (QED) is 0.293. The Morgan fingerprint density at radius 2 is 1.96 bits per heavy atom. The number of nitrogens with zero attached hydrogens (tertiary/aromatic N) is 2. The number of methoxy groups -OCH3 is 1. The van der Waals surface area contributed by atoms with Gasteiger partial charge in [0.2, 0.25) is 0 Å². The smallest absolute Gasteiger partial charge is 0.191 e. The normalized spacial score (nSPS) is 11.0. The van der Waals surface area contributed by atoms with Crippen LogP contribution >= 0.6 is 35.6 Å². The zero-order chi connectivity index (χ0) is 19.1. The van der Waals surface area contributed by atoms with Crippen molar-refractivity contribution in [3.8, 4) is 5.75 Å². The first-order chi connectivity index (χ1) is 13.2. The van der Waals surface area contributed by atoms with Crippen LogP contribution in [0.4, 0.5) is 0 Å². The molecule has 28 heavy (non-hydrogen) atoms. The standard InChI is InChI=1S/C21H23ClN4O.HI/c1-23-21(25-12-10-16-7-8-17(27-2)13-19(16)22)26-14-20-18-6-4-3-5-15(18)9-11-24-20;/h3-9,11,13H,10,12,14H2,1-2H3,(H2,23,25,26);1H. The van der Waals surface area contributed by atoms with Crippen molar-refractivity contribution in [1.29, 1.82) is 0 Å². The van der Waals surface area contributed by atoms with Gasteiger partial charge in [0, 0.05) is 30.2 Å². The lowest BCUT2D eigenvalue weighted by Crippen LogP contribution is -2.38. The van der Waals surface area contributed by atoms with Gasteiger partial charge in [0.25, 0.3) is 0 Å². The summed E-state index contributed by atoms with van der Waals surface area (Å²) in [7, 11) is 3.39. The Bertz CT molecular complexity index is 943. The minimum absolute atomic E-state index is 0. The summed E-state index contributed by atoms with van der Waals surface area (Å²) in [6, 6.07) is 16.0. The molecule has 2 aromatic carbocycles. The van der Waals surface area contributed by atoms with E-state index in [1.165, 1.54) is 5.39 Å². The van der Waals surface area contributed by atoms with E-state index in [0.717, 1.165) is 34.8 Å². The first kappa shape index (κ1) is 22.2. The molecule has 3 rings (SSSR count). The van der Waals surface area contributed by atoms with E-state index < -0.39 is 0 Å². The average Bonchev–Trinajstić information content (AvgIpc) is 2.71. The second-order valence-corrected chi connectivity index (χ2v) is 6.45. The Labute approximate surface area is 187 Å². The van der Waals surface area contributed by atoms with Gasteiger partial charge in [-0.2, -0.15) is 0 Å². The molecule has 0 fully saturated rings. The summed E-state index contributed by atoms with van der Waals surface area (Å²) in [5.74, 6) is 1.49. The minimum atomic E-state index is 0. The molecule has 0 saturated carbocycles. The Morgan fingerprint density at radius 3 is 2.71 bits per heavy atom. The molecule has 0 atom stereocenters. The molecular weight excluding hydrogens is 487 g/mol. The van der Waals surface area contributed by atoms with Crippen molar-refractivity contribution in [2.24, 2.45) is 4.99 Å². The monoisotopic (exact) mass is 510 g/mol. The molecule has 1 aromatic heterocycles. The largest absolute Gasteiger partial charge is 0.497 e. The van der Waals surface area contributed by atoms with Crippen molar-refractivity contribution in [3.63, 3.8) is 0 Å². The lowest BCUT2D eigenvalue weighted by molar-refractivity contribution is 0.414. The van der Waals surface area contributed by atoms with Gasteiger partial charge in [0.05, 0.1) is 19.3 Å². The lowest BCUT2D eigenvalue weighted by Gasteiger charge is -2.13. The third kappa shape index (κ3) is 5.72. The molecule has 0 spiro atoms. The number of rotatable bonds is 6. The molecule has 5 nitrogen and oxygen atoms in total. The number of nitrogens with one attached hydrogen (secondary N) is 2. The van der Waals surface area contributed by atoms with E-state index in [2.05, 4.69) is 32.7 Å². The van der Waals surface area contributed by atoms with Crippen LogP contribution in [0.1, 0.15) is 11.3 Å². The van der Waals surface area contributed by atoms with Gasteiger partial charge in [-0.25, -0.2) is 0 Å². The van der Waals surface area contributed by atoms with Crippen molar-refractivity contribution < 1.29 is 4.74 Å². The Hall–Kier alpha value is -2.06. The van der Waals surface area contributed by atoms with Crippen LogP contribution in [0.5, 0.6) is 5.75 Å². The van der Waals surface area contributed by atoms with Crippen molar-refractivity contribution >= 4 is 52.3 Å². The number of benzene rings is 2. The van der Waals surface area contributed by atoms with E-state index in [9.17, 15) is 0 Å². The molecular formula is C21H24ClIN4O. The Morgan fingerprint density at radius 1 is 1.14 bits per heavy atom. The molecule has 0 amide bonds. The van der Waals surface area contributed by atoms with Crippen molar-refractivity contribution in [2.75, 3.05) is 20.7 Å². The molecule has 148 valence electrons. The van der Waals surface area contributed by atoms with Crippen LogP contribution in [0.15, 0.2) is 59.7 Å². The highest BCUT2D eigenvalue weighted by Gasteiger charge is 2.05. The zero-order valence-corrected chi connectivity index (χ0v) is 19.0. The lowest BCUT2D eigenvalue weighted by atomic mass is 10.1. The van der Waals surface area contributed by atoms with Crippen LogP contribution in [-0.2, 0) is 13.0 Å². The first-order valence-electron chi connectivity index (χ1n) is 8.81. The van der Waals surface area contributed by atoms with Crippen LogP contribution in [0.3, 0.4) is 0 Å². The van der Waals surface area contributed by atoms with E-state index >= 15 is 0 Å². The highest BCUT2D eigenvalue weighted by atomic mass is 127. The molecule has 0 aliphatic carbocycles. The van der Waals surface area contributed by atoms with Crippen molar-refractivity contribution in [2.45, 2.75) is 13.0 Å². The van der Waals surface area contributed by atoms with Crippen LogP contribution in [0.2, 0.25) is 5.02 Å². The van der Waals surface area contributed by atoms with Gasteiger partial charge in [0.15, 0.2) is 5.96 Å². The minimum Gasteiger partial charge on any atom is -0.497 e. The maximum absolute atomic E-state index is 6.29. The topological polar surface area (TPSA) is 58.5 Å². The van der Waals surface area contributed by atoms with Gasteiger partial charge >= 0.3 is 0 Å². The van der Waals surface area contributed by atoms with Crippen molar-refractivity contribution in [1.82, 2.24) is 15.6 Å². The summed E-state index contributed by atoms with van der Waals surface area (Å²) in [4.78, 5) is 8.77. The number of hydrogen-bond donors (Lipinski definition) is 2. The summed E-state index contributed by atoms with van der Waals surface area (Å²) >= 11 is 6.29. The number of guanidine groups is 1. The van der Waals surface area contributed by atoms with E-state index in [1.807, 2.05) is 42.6 Å². The van der Waals surface area contributed by atoms with Crippen LogP contribution < -0.4 is 15.4 Å². The molecule has 2 N–H and O–H groups in total. The number of halogens is 2. The molecule has 1 heterocycles. The van der Waals surface area contributed by atoms with Gasteiger partial charge in [0.1, 0.15) is 5.75 Å². The molecule has 0 bridgehead atoms. The summed E-state index contributed by atoms with van der Waals surface area (Å²) in [6.07, 6.45) is 2.62. The predicted molar refractivity (Wildman–Crippen MR) is 127 cm³/mol. The fourth-order valence-corrected chi connectivity index (χ4v) is 3.15. The van der Waals surface area contributed by atoms with Crippen molar-refractivity contribution in [3.05, 3.63) is 71.0 Å². The molecule has 3 aromatic rings. The second kappa shape index (κ2) is 11.1. The third-order valence-corrected chi connectivity index (χ3v) is 4.70. The molecule has 0 saturated heterocycles. The third-order valence-electron chi connectivity index (χ3n) is 4.35. The summed E-state index contributed by atoms with van der Waals surface area (Å²) in [5, 5.41) is 9.67. The summed E-state index contributed by atoms with van der Waals surface area (Å²) < 4.78 is 5.18. The summed E-state index contributed by atoms with van der Waals surface area (Å²) in [6.45, 7) is 1.32. The average molecular weight is 511 g/mol. The molecule has 7 heteroatoms. The second-order valence-electron chi connectivity index (χ2n) is 6.04. The van der Waals surface area contributed by atoms with E-state index in [1.54, 1.807) is 14.2 Å². The number of ether oxygens (including phenoxy) is 1. The first-order valence-corrected chi connectivity index (χ1v) is 9.18. The van der Waals surface area contributed by atoms with E-state index in [-0.39, 0.29) is 24.0 Å². The highest BCUT2D eigenvalue weighted by Crippen LogP contribution is 2.22. The van der Waals surface area contributed by atoms with E-state index in [4.69, 9.17) is 16.3 Å².